The number of hydrogen-bond acceptors (Lipinski definition) is 4. The van der Waals surface area contributed by atoms with E-state index in [1.54, 1.807) is 12.1 Å². The highest BCUT2D eigenvalue weighted by Gasteiger charge is 2.32. The van der Waals surface area contributed by atoms with Gasteiger partial charge in [0.05, 0.1) is 0 Å². The Morgan fingerprint density at radius 3 is 2.37 bits per heavy atom. The smallest absolute Gasteiger partial charge is 0.407 e. The summed E-state index contributed by atoms with van der Waals surface area (Å²) >= 11 is 6.00. The third-order valence-electron chi connectivity index (χ3n) is 4.78. The van der Waals surface area contributed by atoms with Crippen LogP contribution < -0.4 is 15.4 Å². The number of amides is 2. The van der Waals surface area contributed by atoms with Crippen molar-refractivity contribution >= 4 is 23.6 Å². The summed E-state index contributed by atoms with van der Waals surface area (Å²) in [6.45, 7) is 5.53. The molecule has 1 aromatic rings. The molecular formula is C20H27ClN2O4. The van der Waals surface area contributed by atoms with E-state index in [0.29, 0.717) is 11.4 Å². The van der Waals surface area contributed by atoms with Crippen molar-refractivity contribution in [3.8, 4) is 5.75 Å². The van der Waals surface area contributed by atoms with Gasteiger partial charge in [0.1, 0.15) is 11.4 Å². The van der Waals surface area contributed by atoms with Crippen LogP contribution in [0.4, 0.5) is 4.79 Å². The number of carbonyl (C=O) groups is 2. The van der Waals surface area contributed by atoms with Crippen LogP contribution in [0.1, 0.15) is 52.0 Å². The molecule has 1 aromatic carbocycles. The largest absolute Gasteiger partial charge is 0.480 e. The molecule has 0 bridgehead atoms. The van der Waals surface area contributed by atoms with Gasteiger partial charge in [0.25, 0.3) is 5.91 Å². The second-order valence-corrected chi connectivity index (χ2v) is 8.70. The molecule has 1 atom stereocenters. The topological polar surface area (TPSA) is 76.7 Å². The summed E-state index contributed by atoms with van der Waals surface area (Å²) in [7, 11) is 0. The van der Waals surface area contributed by atoms with Gasteiger partial charge >= 0.3 is 6.09 Å². The molecule has 0 aromatic heterocycles. The van der Waals surface area contributed by atoms with Crippen LogP contribution in [-0.4, -0.2) is 35.8 Å². The Hall–Kier alpha value is -1.95. The highest BCUT2D eigenvalue weighted by molar-refractivity contribution is 6.30. The fourth-order valence-corrected chi connectivity index (χ4v) is 3.71. The molecular weight excluding hydrogens is 368 g/mol. The Morgan fingerprint density at radius 1 is 1.11 bits per heavy atom. The minimum atomic E-state index is -0.504. The van der Waals surface area contributed by atoms with Gasteiger partial charge < -0.3 is 20.1 Å². The lowest BCUT2D eigenvalue weighted by molar-refractivity contribution is -0.128. The summed E-state index contributed by atoms with van der Waals surface area (Å²) < 4.78 is 11.0. The van der Waals surface area contributed by atoms with E-state index in [1.165, 1.54) is 0 Å². The van der Waals surface area contributed by atoms with Crippen LogP contribution in [0, 0.1) is 0 Å². The van der Waals surface area contributed by atoms with E-state index in [-0.39, 0.29) is 24.1 Å². The van der Waals surface area contributed by atoms with Crippen molar-refractivity contribution in [2.75, 3.05) is 0 Å². The van der Waals surface area contributed by atoms with Crippen LogP contribution in [0.15, 0.2) is 18.2 Å². The van der Waals surface area contributed by atoms with Gasteiger partial charge in [-0.25, -0.2) is 4.79 Å². The summed E-state index contributed by atoms with van der Waals surface area (Å²) in [6, 6.07) is 5.60. The SMILES string of the molecule is CC(C)(C)OC(=O)NC1CCC(NC(=O)C2Cc3cc(Cl)ccc3O2)CC1. The summed E-state index contributed by atoms with van der Waals surface area (Å²) in [6.07, 6.45) is 2.91. The van der Waals surface area contributed by atoms with Gasteiger partial charge in [0.2, 0.25) is 0 Å². The zero-order valence-electron chi connectivity index (χ0n) is 16.0. The fraction of sp³-hybridized carbons (Fsp3) is 0.600. The monoisotopic (exact) mass is 394 g/mol. The van der Waals surface area contributed by atoms with E-state index >= 15 is 0 Å². The van der Waals surface area contributed by atoms with E-state index in [1.807, 2.05) is 26.8 Å². The van der Waals surface area contributed by atoms with Crippen molar-refractivity contribution in [3.05, 3.63) is 28.8 Å². The minimum Gasteiger partial charge on any atom is -0.480 e. The van der Waals surface area contributed by atoms with E-state index in [9.17, 15) is 9.59 Å². The number of hydrogen-bond donors (Lipinski definition) is 2. The molecule has 0 saturated heterocycles. The molecule has 6 nitrogen and oxygen atoms in total. The number of carbonyl (C=O) groups excluding carboxylic acids is 2. The number of benzene rings is 1. The molecule has 0 spiro atoms. The van der Waals surface area contributed by atoms with Crippen LogP contribution in [0.2, 0.25) is 5.02 Å². The fourth-order valence-electron chi connectivity index (χ4n) is 3.51. The van der Waals surface area contributed by atoms with Crippen LogP contribution in [0.5, 0.6) is 5.75 Å². The number of nitrogens with one attached hydrogen (secondary N) is 2. The summed E-state index contributed by atoms with van der Waals surface area (Å²) in [4.78, 5) is 24.4. The average molecular weight is 395 g/mol. The van der Waals surface area contributed by atoms with Crippen molar-refractivity contribution in [2.24, 2.45) is 0 Å². The number of rotatable bonds is 3. The normalized spacial score (nSPS) is 24.5. The molecule has 1 aliphatic heterocycles. The second-order valence-electron chi connectivity index (χ2n) is 8.27. The van der Waals surface area contributed by atoms with E-state index in [0.717, 1.165) is 37.0 Å². The zero-order chi connectivity index (χ0) is 19.6. The lowest BCUT2D eigenvalue weighted by Gasteiger charge is -2.31. The minimum absolute atomic E-state index is 0.0853. The molecule has 1 fully saturated rings. The van der Waals surface area contributed by atoms with Crippen LogP contribution >= 0.6 is 11.6 Å². The van der Waals surface area contributed by atoms with Gasteiger partial charge in [-0.15, -0.1) is 0 Å². The molecule has 148 valence electrons. The van der Waals surface area contributed by atoms with Gasteiger partial charge in [-0.1, -0.05) is 11.6 Å². The third-order valence-corrected chi connectivity index (χ3v) is 5.02. The van der Waals surface area contributed by atoms with Crippen molar-refractivity contribution in [2.45, 2.75) is 76.7 Å². The van der Waals surface area contributed by atoms with Crippen molar-refractivity contribution < 1.29 is 19.1 Å². The maximum Gasteiger partial charge on any atom is 0.407 e. The predicted molar refractivity (Wildman–Crippen MR) is 103 cm³/mol. The second kappa shape index (κ2) is 7.97. The first kappa shape index (κ1) is 19.8. The number of alkyl carbamates (subject to hydrolysis) is 1. The van der Waals surface area contributed by atoms with E-state index in [4.69, 9.17) is 21.1 Å². The Bertz CT molecular complexity index is 708. The molecule has 2 N–H and O–H groups in total. The molecule has 3 rings (SSSR count). The molecule has 0 radical (unpaired) electrons. The first-order valence-corrected chi connectivity index (χ1v) is 9.82. The van der Waals surface area contributed by atoms with Crippen LogP contribution in [0.3, 0.4) is 0 Å². The Labute approximate surface area is 164 Å². The first-order valence-electron chi connectivity index (χ1n) is 9.44. The van der Waals surface area contributed by atoms with Gasteiger partial charge in [0.15, 0.2) is 6.10 Å². The highest BCUT2D eigenvalue weighted by atomic mass is 35.5. The molecule has 2 amide bonds. The first-order chi connectivity index (χ1) is 12.7. The van der Waals surface area contributed by atoms with E-state index in [2.05, 4.69) is 10.6 Å². The maximum atomic E-state index is 12.5. The molecule has 7 heteroatoms. The molecule has 1 heterocycles. The van der Waals surface area contributed by atoms with Gasteiger partial charge in [0, 0.05) is 23.5 Å². The van der Waals surface area contributed by atoms with Crippen LogP contribution in [-0.2, 0) is 16.0 Å². The molecule has 27 heavy (non-hydrogen) atoms. The lowest BCUT2D eigenvalue weighted by atomic mass is 9.91. The van der Waals surface area contributed by atoms with Crippen LogP contribution in [0.25, 0.3) is 0 Å². The van der Waals surface area contributed by atoms with Gasteiger partial charge in [-0.2, -0.15) is 0 Å². The third kappa shape index (κ3) is 5.51. The predicted octanol–water partition coefficient (Wildman–Crippen LogP) is 3.60. The average Bonchev–Trinajstić information content (AvgIpc) is 2.98. The quantitative estimate of drug-likeness (QED) is 0.821. The standard InChI is InChI=1S/C20H27ClN2O4/c1-20(2,3)27-19(25)23-15-7-5-14(6-8-15)22-18(24)17-11-12-10-13(21)4-9-16(12)26-17/h4,9-10,14-15,17H,5-8,11H2,1-3H3,(H,22,24)(H,23,25). The number of ether oxygens (including phenoxy) is 2. The lowest BCUT2D eigenvalue weighted by Crippen LogP contribution is -2.47. The summed E-state index contributed by atoms with van der Waals surface area (Å²) in [5, 5.41) is 6.64. The Kier molecular flexibility index (Phi) is 5.84. The van der Waals surface area contributed by atoms with Crippen molar-refractivity contribution in [3.63, 3.8) is 0 Å². The number of fused-ring (bicyclic) bond motifs is 1. The Balaban J connectivity index is 1.42. The zero-order valence-corrected chi connectivity index (χ0v) is 16.8. The molecule has 1 saturated carbocycles. The molecule has 1 aliphatic carbocycles. The Morgan fingerprint density at radius 2 is 1.74 bits per heavy atom. The molecule has 1 unspecified atom stereocenters. The van der Waals surface area contributed by atoms with Crippen molar-refractivity contribution in [1.29, 1.82) is 0 Å². The maximum absolute atomic E-state index is 12.5. The van der Waals surface area contributed by atoms with Gasteiger partial charge in [-0.3, -0.25) is 4.79 Å². The van der Waals surface area contributed by atoms with E-state index < -0.39 is 11.7 Å². The number of halogens is 1. The summed E-state index contributed by atoms with van der Waals surface area (Å²) in [5.74, 6) is 0.635. The highest BCUT2D eigenvalue weighted by Crippen LogP contribution is 2.31. The van der Waals surface area contributed by atoms with Gasteiger partial charge in [-0.05, 0) is 70.2 Å². The molecule has 2 aliphatic rings. The summed E-state index contributed by atoms with van der Waals surface area (Å²) in [5.41, 5.74) is 0.464. The van der Waals surface area contributed by atoms with Crippen molar-refractivity contribution in [1.82, 2.24) is 10.6 Å².